The summed E-state index contributed by atoms with van der Waals surface area (Å²) < 4.78 is 27.4. The van der Waals surface area contributed by atoms with Crippen LogP contribution >= 0.6 is 0 Å². The first kappa shape index (κ1) is 14.8. The summed E-state index contributed by atoms with van der Waals surface area (Å²) in [6.45, 7) is 3.00. The molecule has 0 radical (unpaired) electrons. The van der Waals surface area contributed by atoms with Crippen LogP contribution in [0.3, 0.4) is 0 Å². The van der Waals surface area contributed by atoms with Gasteiger partial charge < -0.3 is 4.90 Å². The van der Waals surface area contributed by atoms with Crippen LogP contribution in [0.1, 0.15) is 24.0 Å². The number of rotatable bonds is 2. The lowest BCUT2D eigenvalue weighted by Gasteiger charge is -2.24. The Morgan fingerprint density at radius 2 is 1.81 bits per heavy atom. The van der Waals surface area contributed by atoms with E-state index in [1.54, 1.807) is 4.31 Å². The molecule has 1 aromatic carbocycles. The van der Waals surface area contributed by atoms with Gasteiger partial charge in [-0.2, -0.15) is 4.31 Å². The summed E-state index contributed by atoms with van der Waals surface area (Å²) >= 11 is 0. The molecule has 0 amide bonds. The highest BCUT2D eigenvalue weighted by molar-refractivity contribution is 7.93. The smallest absolute Gasteiger partial charge is 0.239 e. The SMILES string of the molecule is CN1CCCN(S(=O)(=O)C2=Cc3ccccc3CC2)CC1. The predicted octanol–water partition coefficient (Wildman–Crippen LogP) is 1.94. The molecule has 1 heterocycles. The highest BCUT2D eigenvalue weighted by atomic mass is 32.2. The summed E-state index contributed by atoms with van der Waals surface area (Å²) in [4.78, 5) is 2.77. The fraction of sp³-hybridized carbons (Fsp3) is 0.500. The molecule has 0 atom stereocenters. The molecule has 0 unspecified atom stereocenters. The Balaban J connectivity index is 1.87. The quantitative estimate of drug-likeness (QED) is 0.838. The fourth-order valence-corrected chi connectivity index (χ4v) is 4.70. The standard InChI is InChI=1S/C16H22N2O2S/c1-17-9-4-10-18(12-11-17)21(19,20)16-8-7-14-5-2-3-6-15(14)13-16/h2-3,5-6,13H,4,7-12H2,1H3. The molecule has 1 aliphatic carbocycles. The number of likely N-dealkylation sites (N-methyl/N-ethyl adjacent to an activating group) is 1. The van der Waals surface area contributed by atoms with E-state index in [1.807, 2.05) is 31.3 Å². The highest BCUT2D eigenvalue weighted by Gasteiger charge is 2.29. The molecular weight excluding hydrogens is 284 g/mol. The van der Waals surface area contributed by atoms with E-state index in [0.29, 0.717) is 24.4 Å². The zero-order valence-electron chi connectivity index (χ0n) is 12.5. The molecule has 1 saturated heterocycles. The molecule has 114 valence electrons. The van der Waals surface area contributed by atoms with E-state index in [2.05, 4.69) is 11.0 Å². The van der Waals surface area contributed by atoms with Gasteiger partial charge in [0.2, 0.25) is 10.0 Å². The molecule has 1 aromatic rings. The first-order chi connectivity index (χ1) is 10.1. The van der Waals surface area contributed by atoms with Crippen LogP contribution in [-0.2, 0) is 16.4 Å². The topological polar surface area (TPSA) is 40.6 Å². The minimum absolute atomic E-state index is 0.575. The van der Waals surface area contributed by atoms with Crippen molar-refractivity contribution in [1.29, 1.82) is 0 Å². The van der Waals surface area contributed by atoms with Gasteiger partial charge in [-0.25, -0.2) is 8.42 Å². The Kier molecular flexibility index (Phi) is 4.15. The number of benzene rings is 1. The first-order valence-electron chi connectivity index (χ1n) is 7.54. The molecule has 3 rings (SSSR count). The number of hydrogen-bond donors (Lipinski definition) is 0. The second-order valence-electron chi connectivity index (χ2n) is 5.87. The normalized spacial score (nSPS) is 21.5. The number of aryl methyl sites for hydroxylation is 1. The van der Waals surface area contributed by atoms with E-state index < -0.39 is 10.0 Å². The van der Waals surface area contributed by atoms with Crippen LogP contribution in [0.5, 0.6) is 0 Å². The van der Waals surface area contributed by atoms with Gasteiger partial charge >= 0.3 is 0 Å². The third-order valence-corrected chi connectivity index (χ3v) is 6.39. The van der Waals surface area contributed by atoms with Crippen molar-refractivity contribution in [2.45, 2.75) is 19.3 Å². The Hall–Kier alpha value is -1.17. The van der Waals surface area contributed by atoms with E-state index in [9.17, 15) is 8.42 Å². The van der Waals surface area contributed by atoms with Crippen molar-refractivity contribution in [3.05, 3.63) is 40.3 Å². The Bertz CT molecular complexity index is 652. The van der Waals surface area contributed by atoms with Crippen molar-refractivity contribution >= 4 is 16.1 Å². The molecule has 1 aliphatic heterocycles. The van der Waals surface area contributed by atoms with Gasteiger partial charge in [-0.3, -0.25) is 0 Å². The molecule has 2 aliphatic rings. The van der Waals surface area contributed by atoms with Gasteiger partial charge in [0.25, 0.3) is 0 Å². The van der Waals surface area contributed by atoms with Gasteiger partial charge in [0.15, 0.2) is 0 Å². The lowest BCUT2D eigenvalue weighted by molar-refractivity contribution is 0.347. The predicted molar refractivity (Wildman–Crippen MR) is 85.3 cm³/mol. The largest absolute Gasteiger partial charge is 0.305 e. The fourth-order valence-electron chi connectivity index (χ4n) is 3.04. The summed E-state index contributed by atoms with van der Waals surface area (Å²) in [6.07, 6.45) is 4.20. The molecule has 0 aromatic heterocycles. The second-order valence-corrected chi connectivity index (χ2v) is 7.86. The average Bonchev–Trinajstić information content (AvgIpc) is 2.72. The lowest BCUT2D eigenvalue weighted by Crippen LogP contribution is -2.35. The van der Waals surface area contributed by atoms with Gasteiger partial charge in [-0.1, -0.05) is 24.3 Å². The van der Waals surface area contributed by atoms with Gasteiger partial charge in [0.1, 0.15) is 0 Å². The van der Waals surface area contributed by atoms with Crippen LogP contribution in [0.2, 0.25) is 0 Å². The third kappa shape index (κ3) is 3.05. The van der Waals surface area contributed by atoms with Crippen LogP contribution in [-0.4, -0.2) is 50.8 Å². The average molecular weight is 306 g/mol. The van der Waals surface area contributed by atoms with Crippen LogP contribution < -0.4 is 0 Å². The van der Waals surface area contributed by atoms with Gasteiger partial charge in [-0.05, 0) is 50.1 Å². The molecule has 21 heavy (non-hydrogen) atoms. The second kappa shape index (κ2) is 5.91. The summed E-state index contributed by atoms with van der Waals surface area (Å²) in [5.74, 6) is 0. The van der Waals surface area contributed by atoms with E-state index in [0.717, 1.165) is 31.5 Å². The summed E-state index contributed by atoms with van der Waals surface area (Å²) in [6, 6.07) is 8.05. The lowest BCUT2D eigenvalue weighted by atomic mass is 9.98. The van der Waals surface area contributed by atoms with Crippen molar-refractivity contribution in [2.24, 2.45) is 0 Å². The number of allylic oxidation sites excluding steroid dienone is 1. The number of hydrogen-bond acceptors (Lipinski definition) is 3. The maximum atomic E-state index is 12.8. The van der Waals surface area contributed by atoms with Crippen LogP contribution in [0.4, 0.5) is 0 Å². The third-order valence-electron chi connectivity index (χ3n) is 4.36. The minimum atomic E-state index is -3.31. The first-order valence-corrected chi connectivity index (χ1v) is 8.98. The molecule has 0 spiro atoms. The summed E-state index contributed by atoms with van der Waals surface area (Å²) in [5.41, 5.74) is 2.29. The van der Waals surface area contributed by atoms with Crippen LogP contribution in [0, 0.1) is 0 Å². The van der Waals surface area contributed by atoms with Crippen molar-refractivity contribution in [3.8, 4) is 0 Å². The minimum Gasteiger partial charge on any atom is -0.305 e. The van der Waals surface area contributed by atoms with Crippen molar-refractivity contribution < 1.29 is 8.42 Å². The van der Waals surface area contributed by atoms with E-state index in [4.69, 9.17) is 0 Å². The summed E-state index contributed by atoms with van der Waals surface area (Å²) in [5, 5.41) is 0. The Labute approximate surface area is 127 Å². The molecule has 4 nitrogen and oxygen atoms in total. The van der Waals surface area contributed by atoms with E-state index in [-0.39, 0.29) is 0 Å². The molecule has 0 bridgehead atoms. The van der Waals surface area contributed by atoms with Gasteiger partial charge in [0.05, 0.1) is 4.91 Å². The van der Waals surface area contributed by atoms with E-state index in [1.165, 1.54) is 5.56 Å². The molecule has 5 heteroatoms. The van der Waals surface area contributed by atoms with Crippen molar-refractivity contribution in [3.63, 3.8) is 0 Å². The molecule has 0 N–H and O–H groups in total. The zero-order valence-corrected chi connectivity index (χ0v) is 13.3. The zero-order chi connectivity index (χ0) is 14.9. The molecule has 0 saturated carbocycles. The maximum absolute atomic E-state index is 12.8. The Morgan fingerprint density at radius 1 is 1.00 bits per heavy atom. The Morgan fingerprint density at radius 3 is 2.67 bits per heavy atom. The number of sulfonamides is 1. The van der Waals surface area contributed by atoms with Crippen LogP contribution in [0.25, 0.3) is 6.08 Å². The number of fused-ring (bicyclic) bond motifs is 1. The monoisotopic (exact) mass is 306 g/mol. The highest BCUT2D eigenvalue weighted by Crippen LogP contribution is 2.29. The van der Waals surface area contributed by atoms with Gasteiger partial charge in [0, 0.05) is 19.6 Å². The van der Waals surface area contributed by atoms with Crippen LogP contribution in [0.15, 0.2) is 29.2 Å². The van der Waals surface area contributed by atoms with Crippen molar-refractivity contribution in [1.82, 2.24) is 9.21 Å². The maximum Gasteiger partial charge on any atom is 0.239 e. The molecule has 1 fully saturated rings. The summed E-state index contributed by atoms with van der Waals surface area (Å²) in [7, 11) is -1.26. The van der Waals surface area contributed by atoms with E-state index >= 15 is 0 Å². The van der Waals surface area contributed by atoms with Crippen molar-refractivity contribution in [2.75, 3.05) is 33.2 Å². The van der Waals surface area contributed by atoms with Gasteiger partial charge in [-0.15, -0.1) is 0 Å². The number of nitrogens with zero attached hydrogens (tertiary/aromatic N) is 2. The molecular formula is C16H22N2O2S.